The molecule has 0 aromatic heterocycles. The van der Waals surface area contributed by atoms with E-state index < -0.39 is 19.0 Å². The first-order valence-corrected chi connectivity index (χ1v) is 4.14. The fraction of sp³-hybridized carbons (Fsp3) is 0.333. The summed E-state index contributed by atoms with van der Waals surface area (Å²) in [4.78, 5) is 0. The van der Waals surface area contributed by atoms with Crippen LogP contribution in [-0.2, 0) is 6.42 Å². The van der Waals surface area contributed by atoms with E-state index >= 15 is 0 Å². The molecule has 0 fully saturated rings. The molecule has 0 heterocycles. The number of rotatable bonds is 3. The maximum Gasteiger partial charge on any atom is 0.274 e. The summed E-state index contributed by atoms with van der Waals surface area (Å²) in [6, 6.07) is 6.13. The highest BCUT2D eigenvalue weighted by molar-refractivity contribution is 6.30. The fourth-order valence-electron chi connectivity index (χ4n) is 0.957. The summed E-state index contributed by atoms with van der Waals surface area (Å²) in [5.74, 6) is -3.05. The molecule has 72 valence electrons. The van der Waals surface area contributed by atoms with E-state index in [2.05, 4.69) is 0 Å². The first kappa shape index (κ1) is 10.4. The molecular weight excluding hydrogens is 198 g/mol. The molecule has 1 rings (SSSR count). The van der Waals surface area contributed by atoms with E-state index in [-0.39, 0.29) is 0 Å². The Labute approximate surface area is 80.0 Å². The lowest BCUT2D eigenvalue weighted by Crippen LogP contribution is -2.24. The number of alkyl halides is 2. The molecule has 0 aliphatic heterocycles. The maximum absolute atomic E-state index is 12.7. The normalized spacial score (nSPS) is 11.7. The Morgan fingerprint density at radius 1 is 1.23 bits per heavy atom. The van der Waals surface area contributed by atoms with E-state index in [4.69, 9.17) is 16.7 Å². The van der Waals surface area contributed by atoms with Crippen molar-refractivity contribution in [3.05, 3.63) is 34.9 Å². The monoisotopic (exact) mass is 206 g/mol. The molecule has 0 atom stereocenters. The Morgan fingerprint density at radius 3 is 2.23 bits per heavy atom. The first-order valence-electron chi connectivity index (χ1n) is 3.77. The van der Waals surface area contributed by atoms with Gasteiger partial charge in [-0.15, -0.1) is 0 Å². The van der Waals surface area contributed by atoms with Crippen LogP contribution in [-0.4, -0.2) is 17.6 Å². The van der Waals surface area contributed by atoms with Gasteiger partial charge < -0.3 is 5.11 Å². The van der Waals surface area contributed by atoms with Crippen molar-refractivity contribution < 1.29 is 13.9 Å². The zero-order valence-corrected chi connectivity index (χ0v) is 7.56. The van der Waals surface area contributed by atoms with Gasteiger partial charge in [0.25, 0.3) is 5.92 Å². The first-order chi connectivity index (χ1) is 6.03. The number of aliphatic hydroxyl groups is 1. The maximum atomic E-state index is 12.7. The van der Waals surface area contributed by atoms with Gasteiger partial charge in [-0.2, -0.15) is 0 Å². The lowest BCUT2D eigenvalue weighted by molar-refractivity contribution is -0.0488. The van der Waals surface area contributed by atoms with Crippen molar-refractivity contribution in [3.8, 4) is 0 Å². The lowest BCUT2D eigenvalue weighted by Gasteiger charge is -2.12. The van der Waals surface area contributed by atoms with Crippen molar-refractivity contribution in [1.82, 2.24) is 0 Å². The van der Waals surface area contributed by atoms with E-state index in [1.807, 2.05) is 0 Å². The van der Waals surface area contributed by atoms with E-state index in [0.717, 1.165) is 0 Å². The minimum absolute atomic E-state index is 0.458. The third kappa shape index (κ3) is 3.28. The van der Waals surface area contributed by atoms with Crippen LogP contribution in [0.3, 0.4) is 0 Å². The summed E-state index contributed by atoms with van der Waals surface area (Å²) < 4.78 is 25.3. The highest BCUT2D eigenvalue weighted by Gasteiger charge is 2.27. The average molecular weight is 207 g/mol. The fourth-order valence-corrected chi connectivity index (χ4v) is 1.08. The van der Waals surface area contributed by atoms with Gasteiger partial charge in [0.1, 0.15) is 6.61 Å². The number of halogens is 3. The van der Waals surface area contributed by atoms with Crippen molar-refractivity contribution in [1.29, 1.82) is 0 Å². The highest BCUT2D eigenvalue weighted by Crippen LogP contribution is 2.20. The molecule has 0 unspecified atom stereocenters. The second-order valence-electron chi connectivity index (χ2n) is 2.82. The molecule has 1 aromatic rings. The molecular formula is C9H9ClF2O. The van der Waals surface area contributed by atoms with Crippen molar-refractivity contribution >= 4 is 11.6 Å². The second kappa shape index (κ2) is 4.03. The topological polar surface area (TPSA) is 20.2 Å². The summed E-state index contributed by atoms with van der Waals surface area (Å²) in [7, 11) is 0. The van der Waals surface area contributed by atoms with Gasteiger partial charge in [0.05, 0.1) is 0 Å². The van der Waals surface area contributed by atoms with Crippen LogP contribution in [0.4, 0.5) is 8.78 Å². The van der Waals surface area contributed by atoms with Crippen molar-refractivity contribution in [2.24, 2.45) is 0 Å². The van der Waals surface area contributed by atoms with Gasteiger partial charge in [-0.25, -0.2) is 8.78 Å². The van der Waals surface area contributed by atoms with Crippen LogP contribution in [0.15, 0.2) is 24.3 Å². The van der Waals surface area contributed by atoms with Crippen molar-refractivity contribution in [3.63, 3.8) is 0 Å². The molecule has 0 bridgehead atoms. The molecule has 0 aliphatic rings. The van der Waals surface area contributed by atoms with Crippen LogP contribution in [0, 0.1) is 0 Å². The molecule has 0 radical (unpaired) electrons. The predicted molar refractivity (Wildman–Crippen MR) is 47.2 cm³/mol. The molecule has 1 nitrogen and oxygen atoms in total. The van der Waals surface area contributed by atoms with Crippen LogP contribution < -0.4 is 0 Å². The molecule has 0 spiro atoms. The molecule has 0 saturated heterocycles. The number of hydrogen-bond donors (Lipinski definition) is 1. The molecule has 0 saturated carbocycles. The van der Waals surface area contributed by atoms with E-state index in [9.17, 15) is 8.78 Å². The van der Waals surface area contributed by atoms with Gasteiger partial charge in [-0.05, 0) is 17.7 Å². The standard InChI is InChI=1S/C9H9ClF2O/c10-8-3-1-7(2-4-8)5-9(11,12)6-13/h1-4,13H,5-6H2. The van der Waals surface area contributed by atoms with Crippen molar-refractivity contribution in [2.45, 2.75) is 12.3 Å². The average Bonchev–Trinajstić information content (AvgIpc) is 2.09. The summed E-state index contributed by atoms with van der Waals surface area (Å²) in [6.07, 6.45) is -0.458. The summed E-state index contributed by atoms with van der Waals surface area (Å²) in [6.45, 7) is -1.13. The number of benzene rings is 1. The van der Waals surface area contributed by atoms with E-state index in [1.165, 1.54) is 12.1 Å². The molecule has 1 aromatic carbocycles. The Kier molecular flexibility index (Phi) is 3.22. The summed E-state index contributed by atoms with van der Waals surface area (Å²) >= 11 is 5.58. The predicted octanol–water partition coefficient (Wildman–Crippen LogP) is 2.51. The van der Waals surface area contributed by atoms with Crippen LogP contribution in [0.1, 0.15) is 5.56 Å². The Bertz CT molecular complexity index is 271. The summed E-state index contributed by atoms with van der Waals surface area (Å²) in [5.41, 5.74) is 0.462. The van der Waals surface area contributed by atoms with Crippen LogP contribution in [0.25, 0.3) is 0 Å². The molecule has 1 N–H and O–H groups in total. The zero-order chi connectivity index (χ0) is 9.90. The van der Waals surface area contributed by atoms with Gasteiger partial charge in [-0.1, -0.05) is 23.7 Å². The minimum Gasteiger partial charge on any atom is -0.390 e. The Balaban J connectivity index is 2.69. The lowest BCUT2D eigenvalue weighted by atomic mass is 10.1. The third-order valence-corrected chi connectivity index (χ3v) is 1.86. The minimum atomic E-state index is -3.05. The Morgan fingerprint density at radius 2 is 1.77 bits per heavy atom. The largest absolute Gasteiger partial charge is 0.390 e. The van der Waals surface area contributed by atoms with E-state index in [1.54, 1.807) is 12.1 Å². The van der Waals surface area contributed by atoms with E-state index in [0.29, 0.717) is 10.6 Å². The van der Waals surface area contributed by atoms with Gasteiger partial charge in [0.2, 0.25) is 0 Å². The molecule has 0 amide bonds. The van der Waals surface area contributed by atoms with Gasteiger partial charge >= 0.3 is 0 Å². The zero-order valence-electron chi connectivity index (χ0n) is 6.80. The molecule has 13 heavy (non-hydrogen) atoms. The third-order valence-electron chi connectivity index (χ3n) is 1.61. The van der Waals surface area contributed by atoms with Crippen molar-refractivity contribution in [2.75, 3.05) is 6.61 Å². The van der Waals surface area contributed by atoms with Gasteiger partial charge in [0, 0.05) is 11.4 Å². The SMILES string of the molecule is OCC(F)(F)Cc1ccc(Cl)cc1. The van der Waals surface area contributed by atoms with Crippen LogP contribution in [0.2, 0.25) is 5.02 Å². The Hall–Kier alpha value is -0.670. The quantitative estimate of drug-likeness (QED) is 0.806. The number of hydrogen-bond acceptors (Lipinski definition) is 1. The van der Waals surface area contributed by atoms with Gasteiger partial charge in [-0.3, -0.25) is 0 Å². The van der Waals surface area contributed by atoms with Crippen LogP contribution >= 0.6 is 11.6 Å². The smallest absolute Gasteiger partial charge is 0.274 e. The van der Waals surface area contributed by atoms with Gasteiger partial charge in [0.15, 0.2) is 0 Å². The second-order valence-corrected chi connectivity index (χ2v) is 3.25. The summed E-state index contributed by atoms with van der Waals surface area (Å²) in [5, 5.41) is 8.84. The molecule has 4 heteroatoms. The number of aliphatic hydroxyl groups excluding tert-OH is 1. The van der Waals surface area contributed by atoms with Crippen LogP contribution in [0.5, 0.6) is 0 Å². The highest BCUT2D eigenvalue weighted by atomic mass is 35.5. The molecule has 0 aliphatic carbocycles.